The van der Waals surface area contributed by atoms with Gasteiger partial charge in [0, 0.05) is 74.7 Å². The average Bonchev–Trinajstić information content (AvgIpc) is 3.49. The Morgan fingerprint density at radius 2 is 2.06 bits per heavy atom. The predicted octanol–water partition coefficient (Wildman–Crippen LogP) is 3.29. The summed E-state index contributed by atoms with van der Waals surface area (Å²) in [6.07, 6.45) is 4.52. The Kier molecular flexibility index (Phi) is 5.77. The van der Waals surface area contributed by atoms with Crippen LogP contribution in [0.25, 0.3) is 11.3 Å². The molecular weight excluding hydrogens is 406 g/mol. The second kappa shape index (κ2) is 9.00. The monoisotopic (exact) mass is 433 g/mol. The Labute approximate surface area is 187 Å². The number of nitrogens with one attached hydrogen (secondary N) is 1. The van der Waals surface area contributed by atoms with E-state index in [0.29, 0.717) is 24.2 Å². The summed E-state index contributed by atoms with van der Waals surface area (Å²) < 4.78 is 11.9. The molecule has 32 heavy (non-hydrogen) atoms. The van der Waals surface area contributed by atoms with Gasteiger partial charge in [0.25, 0.3) is 0 Å². The number of benzene rings is 1. The normalized spacial score (nSPS) is 18.3. The van der Waals surface area contributed by atoms with Crippen LogP contribution in [-0.4, -0.2) is 70.2 Å². The maximum atomic E-state index is 11.5. The molecule has 1 amide bonds. The topological polar surface area (TPSA) is 83.6 Å². The van der Waals surface area contributed by atoms with Crippen molar-refractivity contribution in [2.75, 3.05) is 39.3 Å². The highest BCUT2D eigenvalue weighted by molar-refractivity contribution is 5.73. The maximum absolute atomic E-state index is 11.5. The first-order chi connectivity index (χ1) is 15.7. The molecule has 166 valence electrons. The Bertz CT molecular complexity index is 1060. The van der Waals surface area contributed by atoms with Gasteiger partial charge < -0.3 is 14.4 Å². The Morgan fingerprint density at radius 3 is 2.78 bits per heavy atom. The van der Waals surface area contributed by atoms with E-state index < -0.39 is 0 Å². The molecule has 1 fully saturated rings. The second-order valence-corrected chi connectivity index (χ2v) is 8.30. The van der Waals surface area contributed by atoms with Gasteiger partial charge >= 0.3 is 0 Å². The molecule has 0 spiro atoms. The third kappa shape index (κ3) is 4.45. The van der Waals surface area contributed by atoms with Gasteiger partial charge in [-0.15, -0.1) is 0 Å². The van der Waals surface area contributed by atoms with Gasteiger partial charge in [-0.2, -0.15) is 5.10 Å². The van der Waals surface area contributed by atoms with E-state index in [1.165, 1.54) is 5.56 Å². The summed E-state index contributed by atoms with van der Waals surface area (Å²) in [5, 5.41) is 6.89. The van der Waals surface area contributed by atoms with Gasteiger partial charge in [-0.1, -0.05) is 6.07 Å². The van der Waals surface area contributed by atoms with E-state index in [4.69, 9.17) is 9.47 Å². The Hall–Kier alpha value is -3.39. The number of hydrogen-bond donors (Lipinski definition) is 1. The van der Waals surface area contributed by atoms with Crippen LogP contribution < -0.4 is 9.47 Å². The SMILES string of the molecule is CC(=O)N1CCN(CCC2COc3cc(Oc4ccc(-c5ccn[nH]5)cn4)ccc32)CC1. The van der Waals surface area contributed by atoms with Crippen LogP contribution in [0.1, 0.15) is 24.8 Å². The van der Waals surface area contributed by atoms with Crippen molar-refractivity contribution in [3.63, 3.8) is 0 Å². The Balaban J connectivity index is 1.16. The molecule has 2 aliphatic rings. The molecule has 1 atom stereocenters. The summed E-state index contributed by atoms with van der Waals surface area (Å²) in [6.45, 7) is 6.90. The van der Waals surface area contributed by atoms with Crippen LogP contribution in [0.2, 0.25) is 0 Å². The molecule has 2 aromatic heterocycles. The van der Waals surface area contributed by atoms with Gasteiger partial charge in [0.15, 0.2) is 0 Å². The highest BCUT2D eigenvalue weighted by Crippen LogP contribution is 2.39. The van der Waals surface area contributed by atoms with Crippen LogP contribution in [0.5, 0.6) is 17.4 Å². The van der Waals surface area contributed by atoms with E-state index in [9.17, 15) is 4.79 Å². The zero-order valence-corrected chi connectivity index (χ0v) is 18.2. The summed E-state index contributed by atoms with van der Waals surface area (Å²) >= 11 is 0. The highest BCUT2D eigenvalue weighted by Gasteiger charge is 2.26. The lowest BCUT2D eigenvalue weighted by atomic mass is 9.97. The number of H-pyrrole nitrogens is 1. The molecule has 0 saturated carbocycles. The Morgan fingerprint density at radius 1 is 1.19 bits per heavy atom. The van der Waals surface area contributed by atoms with Crippen molar-refractivity contribution in [3.05, 3.63) is 54.4 Å². The van der Waals surface area contributed by atoms with E-state index in [0.717, 1.165) is 56.2 Å². The fraction of sp³-hybridized carbons (Fsp3) is 0.375. The number of fused-ring (bicyclic) bond motifs is 1. The fourth-order valence-corrected chi connectivity index (χ4v) is 4.32. The number of piperazine rings is 1. The number of amides is 1. The first-order valence-corrected chi connectivity index (χ1v) is 11.0. The molecular formula is C24H27N5O3. The van der Waals surface area contributed by atoms with Crippen molar-refractivity contribution in [2.24, 2.45) is 0 Å². The molecule has 0 bridgehead atoms. The fourth-order valence-electron chi connectivity index (χ4n) is 4.32. The number of rotatable bonds is 6. The first kappa shape index (κ1) is 20.5. The minimum atomic E-state index is 0.171. The predicted molar refractivity (Wildman–Crippen MR) is 120 cm³/mol. The second-order valence-electron chi connectivity index (χ2n) is 8.30. The smallest absolute Gasteiger partial charge is 0.219 e. The van der Waals surface area contributed by atoms with Crippen molar-refractivity contribution < 1.29 is 14.3 Å². The van der Waals surface area contributed by atoms with Crippen molar-refractivity contribution in [2.45, 2.75) is 19.3 Å². The van der Waals surface area contributed by atoms with Crippen LogP contribution in [0, 0.1) is 0 Å². The summed E-state index contributed by atoms with van der Waals surface area (Å²) in [5.74, 6) is 2.70. The number of hydrogen-bond acceptors (Lipinski definition) is 6. The summed E-state index contributed by atoms with van der Waals surface area (Å²) in [7, 11) is 0. The number of aromatic amines is 1. The molecule has 3 aromatic rings. The molecule has 1 saturated heterocycles. The number of aromatic nitrogens is 3. The van der Waals surface area contributed by atoms with Crippen molar-refractivity contribution in [3.8, 4) is 28.6 Å². The molecule has 2 aliphatic heterocycles. The number of nitrogens with zero attached hydrogens (tertiary/aromatic N) is 4. The molecule has 0 radical (unpaired) electrons. The van der Waals surface area contributed by atoms with Gasteiger partial charge in [0.05, 0.1) is 12.3 Å². The molecule has 1 unspecified atom stereocenters. The third-order valence-electron chi connectivity index (χ3n) is 6.25. The maximum Gasteiger partial charge on any atom is 0.219 e. The number of pyridine rings is 1. The molecule has 0 aliphatic carbocycles. The number of carbonyl (C=O) groups is 1. The minimum absolute atomic E-state index is 0.171. The number of ether oxygens (including phenoxy) is 2. The summed E-state index contributed by atoms with van der Waals surface area (Å²) in [5.41, 5.74) is 3.11. The van der Waals surface area contributed by atoms with E-state index in [1.807, 2.05) is 35.2 Å². The number of carbonyl (C=O) groups excluding carboxylic acids is 1. The zero-order valence-electron chi connectivity index (χ0n) is 18.2. The third-order valence-corrected chi connectivity index (χ3v) is 6.25. The first-order valence-electron chi connectivity index (χ1n) is 11.0. The average molecular weight is 434 g/mol. The van der Waals surface area contributed by atoms with Crippen LogP contribution >= 0.6 is 0 Å². The molecule has 8 nitrogen and oxygen atoms in total. The van der Waals surface area contributed by atoms with Gasteiger partial charge in [-0.3, -0.25) is 14.8 Å². The van der Waals surface area contributed by atoms with E-state index >= 15 is 0 Å². The van der Waals surface area contributed by atoms with Crippen LogP contribution in [-0.2, 0) is 4.79 Å². The van der Waals surface area contributed by atoms with E-state index in [1.54, 1.807) is 19.3 Å². The van der Waals surface area contributed by atoms with Gasteiger partial charge in [0.1, 0.15) is 11.5 Å². The summed E-state index contributed by atoms with van der Waals surface area (Å²) in [4.78, 5) is 20.2. The lowest BCUT2D eigenvalue weighted by molar-refractivity contribution is -0.130. The van der Waals surface area contributed by atoms with Crippen LogP contribution in [0.3, 0.4) is 0 Å². The summed E-state index contributed by atoms with van der Waals surface area (Å²) in [6, 6.07) is 11.7. The van der Waals surface area contributed by atoms with Gasteiger partial charge in [-0.25, -0.2) is 4.98 Å². The molecule has 1 aromatic carbocycles. The van der Waals surface area contributed by atoms with E-state index in [-0.39, 0.29) is 5.91 Å². The van der Waals surface area contributed by atoms with Crippen molar-refractivity contribution >= 4 is 5.91 Å². The van der Waals surface area contributed by atoms with Gasteiger partial charge in [-0.05, 0) is 31.2 Å². The molecule has 5 rings (SSSR count). The van der Waals surface area contributed by atoms with Crippen LogP contribution in [0.15, 0.2) is 48.8 Å². The zero-order chi connectivity index (χ0) is 21.9. The lowest BCUT2D eigenvalue weighted by Gasteiger charge is -2.34. The standard InChI is InChI=1S/C24H27N5O3/c1-17(30)29-12-10-28(11-13-29)9-7-19-16-31-23-14-20(3-4-21(19)23)32-24-5-2-18(15-25-24)22-6-8-26-27-22/h2-6,8,14-15,19H,7,9-13,16H2,1H3,(H,26,27). The highest BCUT2D eigenvalue weighted by atomic mass is 16.5. The largest absolute Gasteiger partial charge is 0.493 e. The lowest BCUT2D eigenvalue weighted by Crippen LogP contribution is -2.48. The van der Waals surface area contributed by atoms with Crippen molar-refractivity contribution in [1.29, 1.82) is 0 Å². The quantitative estimate of drug-likeness (QED) is 0.642. The van der Waals surface area contributed by atoms with Gasteiger partial charge in [0.2, 0.25) is 11.8 Å². The minimum Gasteiger partial charge on any atom is -0.493 e. The molecule has 4 heterocycles. The van der Waals surface area contributed by atoms with Crippen molar-refractivity contribution in [1.82, 2.24) is 25.0 Å². The van der Waals surface area contributed by atoms with E-state index in [2.05, 4.69) is 26.1 Å². The molecule has 8 heteroatoms. The molecule has 1 N–H and O–H groups in total. The van der Waals surface area contributed by atoms with Crippen LogP contribution in [0.4, 0.5) is 0 Å².